The fourth-order valence-electron chi connectivity index (χ4n) is 4.04. The van der Waals surface area contributed by atoms with Gasteiger partial charge in [0.25, 0.3) is 5.91 Å². The lowest BCUT2D eigenvalue weighted by molar-refractivity contribution is 0.0823. The van der Waals surface area contributed by atoms with Crippen LogP contribution < -0.4 is 5.32 Å². The molecule has 0 radical (unpaired) electrons. The largest absolute Gasteiger partial charge is 0.343 e. The number of carbonyl (C=O) groups is 1. The summed E-state index contributed by atoms with van der Waals surface area (Å²) < 4.78 is 27.5. The summed E-state index contributed by atoms with van der Waals surface area (Å²) in [5, 5.41) is 3.17. The summed E-state index contributed by atoms with van der Waals surface area (Å²) in [5.41, 5.74) is 1.12. The standard InChI is InChI=1S/C22H27N3O3S/c1-24-13-15-25(16-14-24)29(27,28)20-10-5-7-18(17-20)21(26)23-22(11-6-12-22)19-8-3-2-4-9-19/h2-5,7-10,17H,6,11-16H2,1H3,(H,23,26). The van der Waals surface area contributed by atoms with Crippen LogP contribution >= 0.6 is 0 Å². The number of benzene rings is 2. The number of rotatable bonds is 5. The molecule has 1 N–H and O–H groups in total. The van der Waals surface area contributed by atoms with Gasteiger partial charge in [0, 0.05) is 31.7 Å². The molecule has 7 heteroatoms. The van der Waals surface area contributed by atoms with Crippen LogP contribution in [0.15, 0.2) is 59.5 Å². The van der Waals surface area contributed by atoms with E-state index in [0.29, 0.717) is 31.7 Å². The first-order valence-electron chi connectivity index (χ1n) is 10.1. The Morgan fingerprint density at radius 3 is 2.28 bits per heavy atom. The summed E-state index contributed by atoms with van der Waals surface area (Å²) in [7, 11) is -1.62. The third-order valence-electron chi connectivity index (χ3n) is 6.08. The molecule has 6 nitrogen and oxygen atoms in total. The highest BCUT2D eigenvalue weighted by atomic mass is 32.2. The van der Waals surface area contributed by atoms with Crippen molar-refractivity contribution in [2.75, 3.05) is 33.2 Å². The van der Waals surface area contributed by atoms with Crippen LogP contribution in [0.2, 0.25) is 0 Å². The summed E-state index contributed by atoms with van der Waals surface area (Å²) in [4.78, 5) is 15.3. The van der Waals surface area contributed by atoms with Crippen molar-refractivity contribution in [3.8, 4) is 0 Å². The number of amides is 1. The molecule has 29 heavy (non-hydrogen) atoms. The molecule has 1 amide bonds. The van der Waals surface area contributed by atoms with E-state index in [1.54, 1.807) is 18.2 Å². The van der Waals surface area contributed by atoms with Gasteiger partial charge in [-0.1, -0.05) is 36.4 Å². The lowest BCUT2D eigenvalue weighted by Crippen LogP contribution is -2.50. The molecule has 2 fully saturated rings. The zero-order valence-corrected chi connectivity index (χ0v) is 17.5. The van der Waals surface area contributed by atoms with Crippen LogP contribution in [0, 0.1) is 0 Å². The number of hydrogen-bond donors (Lipinski definition) is 1. The van der Waals surface area contributed by atoms with Crippen molar-refractivity contribution in [2.45, 2.75) is 29.7 Å². The molecule has 0 atom stereocenters. The Balaban J connectivity index is 1.55. The zero-order chi connectivity index (χ0) is 20.5. The highest BCUT2D eigenvalue weighted by Crippen LogP contribution is 2.41. The Kier molecular flexibility index (Phi) is 5.46. The fraction of sp³-hybridized carbons (Fsp3) is 0.409. The second-order valence-corrected chi connectivity index (χ2v) is 9.93. The minimum Gasteiger partial charge on any atom is -0.343 e. The smallest absolute Gasteiger partial charge is 0.252 e. The molecule has 0 spiro atoms. The van der Waals surface area contributed by atoms with Crippen molar-refractivity contribution in [3.05, 3.63) is 65.7 Å². The second kappa shape index (κ2) is 7.89. The van der Waals surface area contributed by atoms with E-state index in [9.17, 15) is 13.2 Å². The van der Waals surface area contributed by atoms with Gasteiger partial charge in [-0.05, 0) is 50.1 Å². The number of hydrogen-bond acceptors (Lipinski definition) is 4. The molecular weight excluding hydrogens is 386 g/mol. The second-order valence-electron chi connectivity index (χ2n) is 7.99. The van der Waals surface area contributed by atoms with E-state index in [1.807, 2.05) is 37.4 Å². The van der Waals surface area contributed by atoms with Crippen molar-refractivity contribution in [3.63, 3.8) is 0 Å². The minimum absolute atomic E-state index is 0.178. The van der Waals surface area contributed by atoms with Crippen LogP contribution in [0.4, 0.5) is 0 Å². The van der Waals surface area contributed by atoms with Crippen LogP contribution in [-0.2, 0) is 15.6 Å². The first kappa shape index (κ1) is 20.1. The van der Waals surface area contributed by atoms with E-state index < -0.39 is 10.0 Å². The molecule has 154 valence electrons. The van der Waals surface area contributed by atoms with Crippen molar-refractivity contribution in [1.29, 1.82) is 0 Å². The monoisotopic (exact) mass is 413 g/mol. The van der Waals surface area contributed by atoms with Crippen LogP contribution in [0.5, 0.6) is 0 Å². The van der Waals surface area contributed by atoms with E-state index >= 15 is 0 Å². The zero-order valence-electron chi connectivity index (χ0n) is 16.7. The van der Waals surface area contributed by atoms with Crippen LogP contribution in [0.3, 0.4) is 0 Å². The lowest BCUT2D eigenvalue weighted by atomic mass is 9.71. The van der Waals surface area contributed by atoms with Crippen molar-refractivity contribution in [1.82, 2.24) is 14.5 Å². The molecule has 1 heterocycles. The number of nitrogens with zero attached hydrogens (tertiary/aromatic N) is 2. The number of likely N-dealkylation sites (N-methyl/N-ethyl adjacent to an activating group) is 1. The summed E-state index contributed by atoms with van der Waals surface area (Å²) in [6.07, 6.45) is 2.84. The van der Waals surface area contributed by atoms with Crippen molar-refractivity contribution >= 4 is 15.9 Å². The van der Waals surface area contributed by atoms with E-state index in [2.05, 4.69) is 10.2 Å². The predicted molar refractivity (Wildman–Crippen MR) is 112 cm³/mol. The normalized spacial score (nSPS) is 20.0. The maximum Gasteiger partial charge on any atom is 0.252 e. The number of carbonyl (C=O) groups excluding carboxylic acids is 1. The van der Waals surface area contributed by atoms with Gasteiger partial charge in [0.15, 0.2) is 0 Å². The summed E-state index contributed by atoms with van der Waals surface area (Å²) in [6.45, 7) is 2.34. The molecule has 1 aliphatic carbocycles. The van der Waals surface area contributed by atoms with Gasteiger partial charge in [0.1, 0.15) is 0 Å². The lowest BCUT2D eigenvalue weighted by Gasteiger charge is -2.43. The number of sulfonamides is 1. The van der Waals surface area contributed by atoms with E-state index in [1.165, 1.54) is 10.4 Å². The van der Waals surface area contributed by atoms with Gasteiger partial charge >= 0.3 is 0 Å². The molecule has 2 aromatic carbocycles. The first-order chi connectivity index (χ1) is 13.9. The fourth-order valence-corrected chi connectivity index (χ4v) is 5.51. The molecule has 1 saturated heterocycles. The van der Waals surface area contributed by atoms with E-state index in [0.717, 1.165) is 24.8 Å². The molecular formula is C22H27N3O3S. The van der Waals surface area contributed by atoms with Gasteiger partial charge in [-0.25, -0.2) is 8.42 Å². The van der Waals surface area contributed by atoms with Gasteiger partial charge < -0.3 is 10.2 Å². The Labute approximate surface area is 172 Å². The average molecular weight is 414 g/mol. The quantitative estimate of drug-likeness (QED) is 0.817. The van der Waals surface area contributed by atoms with Gasteiger partial charge in [0.05, 0.1) is 10.4 Å². The van der Waals surface area contributed by atoms with Gasteiger partial charge in [-0.2, -0.15) is 4.31 Å². The SMILES string of the molecule is CN1CCN(S(=O)(=O)c2cccc(C(=O)NC3(c4ccccc4)CCC3)c2)CC1. The third-order valence-corrected chi connectivity index (χ3v) is 7.98. The number of piperazine rings is 1. The Morgan fingerprint density at radius 2 is 1.66 bits per heavy atom. The maximum absolute atomic E-state index is 13.0. The average Bonchev–Trinajstić information content (AvgIpc) is 2.71. The summed E-state index contributed by atoms with van der Waals surface area (Å²) in [5.74, 6) is -0.232. The predicted octanol–water partition coefficient (Wildman–Crippen LogP) is 2.43. The number of nitrogens with one attached hydrogen (secondary N) is 1. The van der Waals surface area contributed by atoms with E-state index in [-0.39, 0.29) is 16.3 Å². The minimum atomic E-state index is -3.60. The first-order valence-corrected chi connectivity index (χ1v) is 11.5. The van der Waals surface area contributed by atoms with Crippen LogP contribution in [0.1, 0.15) is 35.2 Å². The third kappa shape index (κ3) is 3.95. The summed E-state index contributed by atoms with van der Waals surface area (Å²) in [6, 6.07) is 16.4. The van der Waals surface area contributed by atoms with Gasteiger partial charge in [-0.15, -0.1) is 0 Å². The molecule has 1 aliphatic heterocycles. The molecule has 0 bridgehead atoms. The topological polar surface area (TPSA) is 69.7 Å². The molecule has 4 rings (SSSR count). The van der Waals surface area contributed by atoms with Crippen molar-refractivity contribution in [2.24, 2.45) is 0 Å². The van der Waals surface area contributed by atoms with Crippen LogP contribution in [0.25, 0.3) is 0 Å². The Hall–Kier alpha value is -2.22. The molecule has 2 aliphatic rings. The molecule has 2 aromatic rings. The highest BCUT2D eigenvalue weighted by Gasteiger charge is 2.40. The Morgan fingerprint density at radius 1 is 0.966 bits per heavy atom. The van der Waals surface area contributed by atoms with E-state index in [4.69, 9.17) is 0 Å². The molecule has 0 unspecified atom stereocenters. The highest BCUT2D eigenvalue weighted by molar-refractivity contribution is 7.89. The van der Waals surface area contributed by atoms with Gasteiger partial charge in [0.2, 0.25) is 10.0 Å². The molecule has 1 saturated carbocycles. The molecule has 0 aromatic heterocycles. The maximum atomic E-state index is 13.0. The van der Waals surface area contributed by atoms with Crippen LogP contribution in [-0.4, -0.2) is 56.8 Å². The van der Waals surface area contributed by atoms with Gasteiger partial charge in [-0.3, -0.25) is 4.79 Å². The Bertz CT molecular complexity index is 979. The van der Waals surface area contributed by atoms with Crippen molar-refractivity contribution < 1.29 is 13.2 Å². The summed E-state index contributed by atoms with van der Waals surface area (Å²) >= 11 is 0.